The molecule has 0 aromatic rings. The number of hydrogen-bond donors (Lipinski definition) is 1. The van der Waals surface area contributed by atoms with Gasteiger partial charge in [-0.2, -0.15) is 0 Å². The minimum absolute atomic E-state index is 0.482. The Morgan fingerprint density at radius 3 is 2.67 bits per heavy atom. The van der Waals surface area contributed by atoms with Gasteiger partial charge in [0, 0.05) is 32.8 Å². The van der Waals surface area contributed by atoms with Gasteiger partial charge in [-0.1, -0.05) is 13.8 Å². The van der Waals surface area contributed by atoms with E-state index in [4.69, 9.17) is 4.74 Å². The maximum Gasteiger partial charge on any atom is 0.0589 e. The highest BCUT2D eigenvalue weighted by Gasteiger charge is 2.33. The molecule has 108 valence electrons. The predicted octanol–water partition coefficient (Wildman–Crippen LogP) is 2.51. The molecule has 0 radical (unpaired) electrons. The maximum atomic E-state index is 5.27. The van der Waals surface area contributed by atoms with Gasteiger partial charge in [0.05, 0.1) is 6.61 Å². The summed E-state index contributed by atoms with van der Waals surface area (Å²) in [5.41, 5.74) is 0.482. The normalized spacial score (nSPS) is 26.5. The first-order valence-electron chi connectivity index (χ1n) is 7.61. The van der Waals surface area contributed by atoms with E-state index in [1.807, 2.05) is 0 Å². The second-order valence-electron chi connectivity index (χ2n) is 5.85. The Morgan fingerprint density at radius 2 is 2.17 bits per heavy atom. The Balaban J connectivity index is 2.60. The van der Waals surface area contributed by atoms with Gasteiger partial charge in [0.15, 0.2) is 0 Å². The van der Waals surface area contributed by atoms with Crippen molar-refractivity contribution in [2.45, 2.75) is 52.5 Å². The molecule has 1 aliphatic heterocycles. The van der Waals surface area contributed by atoms with E-state index in [1.165, 1.54) is 45.3 Å². The van der Waals surface area contributed by atoms with Crippen molar-refractivity contribution in [1.82, 2.24) is 10.2 Å². The molecule has 1 saturated heterocycles. The molecular weight excluding hydrogens is 224 g/mol. The van der Waals surface area contributed by atoms with Crippen molar-refractivity contribution >= 4 is 0 Å². The zero-order valence-corrected chi connectivity index (χ0v) is 12.8. The summed E-state index contributed by atoms with van der Waals surface area (Å²) >= 11 is 0. The molecule has 1 heterocycles. The lowest BCUT2D eigenvalue weighted by Gasteiger charge is -2.42. The third-order valence-electron chi connectivity index (χ3n) is 4.65. The fraction of sp³-hybridized carbons (Fsp3) is 1.00. The number of hydrogen-bond acceptors (Lipinski definition) is 3. The summed E-state index contributed by atoms with van der Waals surface area (Å²) in [6, 6.07) is 0.658. The van der Waals surface area contributed by atoms with Crippen LogP contribution in [0.15, 0.2) is 0 Å². The van der Waals surface area contributed by atoms with Gasteiger partial charge in [-0.05, 0) is 44.6 Å². The zero-order valence-electron chi connectivity index (χ0n) is 12.8. The van der Waals surface area contributed by atoms with Gasteiger partial charge in [-0.15, -0.1) is 0 Å². The first-order chi connectivity index (χ1) is 8.67. The summed E-state index contributed by atoms with van der Waals surface area (Å²) in [4.78, 5) is 2.62. The molecule has 0 spiro atoms. The molecule has 1 aliphatic rings. The molecule has 18 heavy (non-hydrogen) atoms. The number of ether oxygens (including phenoxy) is 1. The van der Waals surface area contributed by atoms with Crippen LogP contribution >= 0.6 is 0 Å². The van der Waals surface area contributed by atoms with E-state index in [0.717, 1.165) is 13.2 Å². The van der Waals surface area contributed by atoms with Gasteiger partial charge in [-0.25, -0.2) is 0 Å². The largest absolute Gasteiger partial charge is 0.383 e. The van der Waals surface area contributed by atoms with Crippen molar-refractivity contribution < 1.29 is 4.74 Å². The van der Waals surface area contributed by atoms with E-state index in [1.54, 1.807) is 7.11 Å². The number of methoxy groups -OCH3 is 1. The molecule has 0 aliphatic carbocycles. The van der Waals surface area contributed by atoms with E-state index < -0.39 is 0 Å². The van der Waals surface area contributed by atoms with Crippen LogP contribution in [0.5, 0.6) is 0 Å². The number of nitrogens with one attached hydrogen (secondary N) is 1. The topological polar surface area (TPSA) is 24.5 Å². The first-order valence-corrected chi connectivity index (χ1v) is 7.61. The van der Waals surface area contributed by atoms with Crippen molar-refractivity contribution in [3.63, 3.8) is 0 Å². The van der Waals surface area contributed by atoms with Crippen molar-refractivity contribution in [2.75, 3.05) is 39.9 Å². The average Bonchev–Trinajstić information content (AvgIpc) is 2.43. The van der Waals surface area contributed by atoms with Gasteiger partial charge in [0.2, 0.25) is 0 Å². The molecule has 0 bridgehead atoms. The highest BCUT2D eigenvalue weighted by atomic mass is 16.5. The molecule has 1 fully saturated rings. The number of nitrogens with zero attached hydrogens (tertiary/aromatic N) is 1. The van der Waals surface area contributed by atoms with Crippen molar-refractivity contribution in [3.05, 3.63) is 0 Å². The molecule has 0 saturated carbocycles. The predicted molar refractivity (Wildman–Crippen MR) is 78.0 cm³/mol. The lowest BCUT2D eigenvalue weighted by atomic mass is 9.77. The fourth-order valence-electron chi connectivity index (χ4n) is 2.93. The molecule has 3 heteroatoms. The zero-order chi connectivity index (χ0) is 13.4. The monoisotopic (exact) mass is 256 g/mol. The van der Waals surface area contributed by atoms with Crippen molar-refractivity contribution in [1.29, 1.82) is 0 Å². The molecule has 0 amide bonds. The van der Waals surface area contributed by atoms with Crippen LogP contribution in [-0.4, -0.2) is 50.8 Å². The first kappa shape index (κ1) is 15.9. The van der Waals surface area contributed by atoms with Crippen LogP contribution in [0.3, 0.4) is 0 Å². The summed E-state index contributed by atoms with van der Waals surface area (Å²) in [5, 5.41) is 3.59. The third-order valence-corrected chi connectivity index (χ3v) is 4.65. The fourth-order valence-corrected chi connectivity index (χ4v) is 2.93. The average molecular weight is 256 g/mol. The molecule has 2 atom stereocenters. The molecule has 3 nitrogen and oxygen atoms in total. The molecule has 2 unspecified atom stereocenters. The second kappa shape index (κ2) is 8.13. The Kier molecular flexibility index (Phi) is 7.20. The number of rotatable bonds is 8. The lowest BCUT2D eigenvalue weighted by molar-refractivity contribution is 0.0609. The third kappa shape index (κ3) is 4.52. The van der Waals surface area contributed by atoms with E-state index in [-0.39, 0.29) is 0 Å². The van der Waals surface area contributed by atoms with E-state index in [2.05, 4.69) is 31.0 Å². The van der Waals surface area contributed by atoms with Gasteiger partial charge in [0.25, 0.3) is 0 Å². The van der Waals surface area contributed by atoms with Crippen molar-refractivity contribution in [3.8, 4) is 0 Å². The molecule has 0 aromatic heterocycles. The maximum absolute atomic E-state index is 5.27. The summed E-state index contributed by atoms with van der Waals surface area (Å²) in [6.45, 7) is 12.5. The van der Waals surface area contributed by atoms with Crippen LogP contribution in [0.4, 0.5) is 0 Å². The van der Waals surface area contributed by atoms with E-state index >= 15 is 0 Å². The van der Waals surface area contributed by atoms with Crippen LogP contribution in [-0.2, 0) is 4.74 Å². The van der Waals surface area contributed by atoms with Crippen LogP contribution in [0.1, 0.15) is 46.5 Å². The minimum Gasteiger partial charge on any atom is -0.383 e. The molecular formula is C15H32N2O. The van der Waals surface area contributed by atoms with Crippen molar-refractivity contribution in [2.24, 2.45) is 5.41 Å². The van der Waals surface area contributed by atoms with Gasteiger partial charge < -0.3 is 10.1 Å². The Hall–Kier alpha value is -0.120. The van der Waals surface area contributed by atoms with Crippen LogP contribution in [0.2, 0.25) is 0 Å². The van der Waals surface area contributed by atoms with Crippen LogP contribution in [0, 0.1) is 5.41 Å². The molecule has 0 aromatic carbocycles. The Morgan fingerprint density at radius 1 is 1.39 bits per heavy atom. The molecule has 1 rings (SSSR count). The summed E-state index contributed by atoms with van der Waals surface area (Å²) in [7, 11) is 1.80. The van der Waals surface area contributed by atoms with E-state index in [9.17, 15) is 0 Å². The summed E-state index contributed by atoms with van der Waals surface area (Å²) in [5.74, 6) is 0. The van der Waals surface area contributed by atoms with Gasteiger partial charge in [0.1, 0.15) is 0 Å². The van der Waals surface area contributed by atoms with Crippen LogP contribution < -0.4 is 5.32 Å². The van der Waals surface area contributed by atoms with E-state index in [0.29, 0.717) is 11.5 Å². The summed E-state index contributed by atoms with van der Waals surface area (Å²) < 4.78 is 5.27. The second-order valence-corrected chi connectivity index (χ2v) is 5.85. The Labute approximate surface area is 113 Å². The Bertz CT molecular complexity index is 215. The minimum atomic E-state index is 0.482. The lowest BCUT2D eigenvalue weighted by Crippen LogP contribution is -2.50. The van der Waals surface area contributed by atoms with Gasteiger partial charge in [-0.3, -0.25) is 4.90 Å². The summed E-state index contributed by atoms with van der Waals surface area (Å²) in [6.07, 6.45) is 5.19. The quantitative estimate of drug-likeness (QED) is 0.722. The SMILES string of the molecule is CCC(C)N(CCOC)CC1(CC)CCCNC1. The standard InChI is InChI=1S/C15H32N2O/c1-5-14(3)17(10-11-18-4)13-15(6-2)8-7-9-16-12-15/h14,16H,5-13H2,1-4H3. The van der Waals surface area contributed by atoms with Gasteiger partial charge >= 0.3 is 0 Å². The highest BCUT2D eigenvalue weighted by molar-refractivity contribution is 4.88. The highest BCUT2D eigenvalue weighted by Crippen LogP contribution is 2.31. The smallest absolute Gasteiger partial charge is 0.0589 e. The molecule has 1 N–H and O–H groups in total. The van der Waals surface area contributed by atoms with Crippen LogP contribution in [0.25, 0.3) is 0 Å². The number of piperidine rings is 1.